The van der Waals surface area contributed by atoms with Crippen molar-refractivity contribution in [3.63, 3.8) is 0 Å². The highest BCUT2D eigenvalue weighted by atomic mass is 79.9. The fourth-order valence-corrected chi connectivity index (χ4v) is 16.1. The lowest BCUT2D eigenvalue weighted by Gasteiger charge is -2.47. The van der Waals surface area contributed by atoms with Crippen LogP contribution in [0.3, 0.4) is 0 Å². The summed E-state index contributed by atoms with van der Waals surface area (Å²) in [6.07, 6.45) is 13.5. The molecule has 0 amide bonds. The lowest BCUT2D eigenvalue weighted by atomic mass is 9.81. The van der Waals surface area contributed by atoms with E-state index in [4.69, 9.17) is 0 Å². The van der Waals surface area contributed by atoms with Crippen LogP contribution in [0.4, 0.5) is 0 Å². The summed E-state index contributed by atoms with van der Waals surface area (Å²) in [4.78, 5) is 1.66. The molecule has 0 saturated heterocycles. The average Bonchev–Trinajstić information content (AvgIpc) is 3.10. The normalized spacial score (nSPS) is 52.1. The van der Waals surface area contributed by atoms with E-state index in [-0.39, 0.29) is 0 Å². The Morgan fingerprint density at radius 3 is 2.04 bits per heavy atom. The van der Waals surface area contributed by atoms with Gasteiger partial charge in [0.1, 0.15) is 0 Å². The molecule has 138 valence electrons. The number of hydrogen-bond donors (Lipinski definition) is 0. The van der Waals surface area contributed by atoms with Gasteiger partial charge in [0.15, 0.2) is 0 Å². The molecule has 4 aliphatic carbocycles. The summed E-state index contributed by atoms with van der Waals surface area (Å²) >= 11 is 8.13. The Labute approximate surface area is 167 Å². The maximum atomic E-state index is 4.07. The highest BCUT2D eigenvalue weighted by molar-refractivity contribution is 9.09. The molecule has 0 spiro atoms. The summed E-state index contributed by atoms with van der Waals surface area (Å²) in [5.41, 5.74) is 2.21. The molecule has 9 unspecified atom stereocenters. The summed E-state index contributed by atoms with van der Waals surface area (Å²) in [6, 6.07) is 0. The summed E-state index contributed by atoms with van der Waals surface area (Å²) in [5, 5.41) is 0. The molecule has 0 N–H and O–H groups in total. The van der Waals surface area contributed by atoms with Gasteiger partial charge in [-0.2, -0.15) is 0 Å². The molecule has 0 aromatic carbocycles. The van der Waals surface area contributed by atoms with E-state index in [1.165, 1.54) is 38.5 Å². The fraction of sp³-hybridized carbons (Fsp3) is 1.00. The molecule has 4 saturated carbocycles. The van der Waals surface area contributed by atoms with Gasteiger partial charge in [-0.15, -0.1) is 0 Å². The number of halogens is 2. The second-order valence-electron chi connectivity index (χ2n) is 10.3. The maximum Gasteiger partial charge on any atom is 0.0544 e. The van der Waals surface area contributed by atoms with E-state index in [2.05, 4.69) is 51.9 Å². The molecule has 0 aromatic heterocycles. The highest BCUT2D eigenvalue weighted by Crippen LogP contribution is 2.64. The Hall–Kier alpha value is 1.18. The molecule has 9 atom stereocenters. The van der Waals surface area contributed by atoms with Gasteiger partial charge in [-0.25, -0.2) is 0 Å². The van der Waals surface area contributed by atoms with Crippen LogP contribution in [0.2, 0.25) is 24.2 Å². The zero-order chi connectivity index (χ0) is 17.1. The third-order valence-electron chi connectivity index (χ3n) is 8.92. The van der Waals surface area contributed by atoms with E-state index in [1.54, 1.807) is 19.3 Å². The Balaban J connectivity index is 1.58. The van der Waals surface area contributed by atoms with Crippen molar-refractivity contribution in [3.8, 4) is 0 Å². The van der Waals surface area contributed by atoms with Gasteiger partial charge in [0.25, 0.3) is 0 Å². The summed E-state index contributed by atoms with van der Waals surface area (Å²) in [5.74, 6) is 5.13. The van der Waals surface area contributed by atoms with Gasteiger partial charge in [-0.3, -0.25) is 0 Å². The molecule has 0 bridgehead atoms. The van der Waals surface area contributed by atoms with Crippen LogP contribution in [0, 0.1) is 29.6 Å². The topological polar surface area (TPSA) is 0 Å². The van der Waals surface area contributed by atoms with Crippen LogP contribution in [0.5, 0.6) is 0 Å². The van der Waals surface area contributed by atoms with Crippen LogP contribution in [0.1, 0.15) is 64.7 Å². The molecule has 0 heterocycles. The SMILES string of the molecule is CC1CC2C(Br)CCCC2C1[Si](C)(C)C1CCC2C(Br)CCCC21. The fourth-order valence-electron chi connectivity index (χ4n) is 8.19. The van der Waals surface area contributed by atoms with Crippen molar-refractivity contribution in [3.05, 3.63) is 0 Å². The Kier molecular flexibility index (Phi) is 5.38. The van der Waals surface area contributed by atoms with Crippen LogP contribution >= 0.6 is 31.9 Å². The second-order valence-corrected chi connectivity index (χ2v) is 17.7. The molecule has 24 heavy (non-hydrogen) atoms. The van der Waals surface area contributed by atoms with Crippen LogP contribution in [0.25, 0.3) is 0 Å². The van der Waals surface area contributed by atoms with Crippen molar-refractivity contribution in [1.29, 1.82) is 0 Å². The van der Waals surface area contributed by atoms with Crippen molar-refractivity contribution >= 4 is 39.9 Å². The first kappa shape index (κ1) is 18.5. The standard InChI is InChI=1S/C21H36Br2Si/c1-13-12-17-16(7-5-9-19(17)23)21(13)24(2,3)20-11-10-14-15(20)6-4-8-18(14)22/h13-21H,4-12H2,1-3H3. The average molecular weight is 476 g/mol. The molecular formula is C21H36Br2Si. The lowest BCUT2D eigenvalue weighted by Crippen LogP contribution is -2.46. The predicted molar refractivity (Wildman–Crippen MR) is 115 cm³/mol. The summed E-state index contributed by atoms with van der Waals surface area (Å²) in [6.45, 7) is 8.26. The molecule has 0 aromatic rings. The molecule has 4 fully saturated rings. The first-order valence-corrected chi connectivity index (χ1v) is 15.7. The Morgan fingerprint density at radius 2 is 1.33 bits per heavy atom. The van der Waals surface area contributed by atoms with Gasteiger partial charge in [0.05, 0.1) is 8.07 Å². The zero-order valence-electron chi connectivity index (χ0n) is 15.8. The van der Waals surface area contributed by atoms with E-state index in [0.717, 1.165) is 50.3 Å². The maximum absolute atomic E-state index is 4.07. The number of alkyl halides is 2. The van der Waals surface area contributed by atoms with Crippen LogP contribution in [-0.2, 0) is 0 Å². The summed E-state index contributed by atoms with van der Waals surface area (Å²) in [7, 11) is -1.22. The molecular weight excluding hydrogens is 440 g/mol. The molecule has 0 radical (unpaired) electrons. The van der Waals surface area contributed by atoms with Gasteiger partial charge in [0.2, 0.25) is 0 Å². The smallest absolute Gasteiger partial charge is 0.0544 e. The van der Waals surface area contributed by atoms with E-state index in [9.17, 15) is 0 Å². The highest BCUT2D eigenvalue weighted by Gasteiger charge is 2.57. The second kappa shape index (κ2) is 6.97. The minimum Gasteiger partial charge on any atom is -0.0888 e. The monoisotopic (exact) mass is 474 g/mol. The van der Waals surface area contributed by atoms with Crippen molar-refractivity contribution in [2.24, 2.45) is 29.6 Å². The number of hydrogen-bond acceptors (Lipinski definition) is 0. The lowest BCUT2D eigenvalue weighted by molar-refractivity contribution is 0.274. The van der Waals surface area contributed by atoms with E-state index < -0.39 is 8.07 Å². The molecule has 0 aliphatic heterocycles. The molecule has 3 heteroatoms. The Morgan fingerprint density at radius 1 is 0.708 bits per heavy atom. The third-order valence-corrected chi connectivity index (χ3v) is 16.5. The minimum atomic E-state index is -1.22. The minimum absolute atomic E-state index is 0.825. The van der Waals surface area contributed by atoms with Gasteiger partial charge >= 0.3 is 0 Å². The van der Waals surface area contributed by atoms with Crippen molar-refractivity contribution in [2.45, 2.75) is 98.5 Å². The molecule has 4 rings (SSSR count). The van der Waals surface area contributed by atoms with Crippen LogP contribution < -0.4 is 0 Å². The first-order valence-electron chi connectivity index (χ1n) is 10.7. The quantitative estimate of drug-likeness (QED) is 0.284. The van der Waals surface area contributed by atoms with Crippen molar-refractivity contribution in [2.75, 3.05) is 0 Å². The van der Waals surface area contributed by atoms with Gasteiger partial charge in [0, 0.05) is 9.65 Å². The third kappa shape index (κ3) is 2.95. The molecule has 0 nitrogen and oxygen atoms in total. The number of rotatable bonds is 2. The van der Waals surface area contributed by atoms with Gasteiger partial charge in [-0.05, 0) is 66.4 Å². The number of fused-ring (bicyclic) bond motifs is 2. The Bertz CT molecular complexity index is 465. The molecule has 4 aliphatic rings. The van der Waals surface area contributed by atoms with Crippen molar-refractivity contribution < 1.29 is 0 Å². The van der Waals surface area contributed by atoms with Crippen LogP contribution in [0.15, 0.2) is 0 Å². The summed E-state index contributed by atoms with van der Waals surface area (Å²) < 4.78 is 0. The van der Waals surface area contributed by atoms with Gasteiger partial charge < -0.3 is 0 Å². The zero-order valence-corrected chi connectivity index (χ0v) is 20.0. The predicted octanol–water partition coefficient (Wildman–Crippen LogP) is 7.63. The van der Waals surface area contributed by atoms with E-state index in [1.807, 2.05) is 0 Å². The van der Waals surface area contributed by atoms with E-state index >= 15 is 0 Å². The van der Waals surface area contributed by atoms with E-state index in [0.29, 0.717) is 0 Å². The largest absolute Gasteiger partial charge is 0.0888 e. The first-order chi connectivity index (χ1) is 11.4. The van der Waals surface area contributed by atoms with Crippen molar-refractivity contribution in [1.82, 2.24) is 0 Å². The van der Waals surface area contributed by atoms with Crippen LogP contribution in [-0.4, -0.2) is 17.7 Å². The van der Waals surface area contributed by atoms with Gasteiger partial charge in [-0.1, -0.05) is 84.0 Å².